The predicted octanol–water partition coefficient (Wildman–Crippen LogP) is 4.25. The van der Waals surface area contributed by atoms with E-state index >= 15 is 0 Å². The van der Waals surface area contributed by atoms with Crippen LogP contribution in [-0.2, 0) is 0 Å². The van der Waals surface area contributed by atoms with E-state index in [1.807, 2.05) is 0 Å². The van der Waals surface area contributed by atoms with Crippen LogP contribution in [0.2, 0.25) is 10.0 Å². The number of carbonyl (C=O) groups excluding carboxylic acids is 1. The molecule has 2 aromatic carbocycles. The van der Waals surface area contributed by atoms with Crippen LogP contribution in [0, 0.1) is 10.1 Å². The van der Waals surface area contributed by atoms with E-state index in [4.69, 9.17) is 33.0 Å². The number of nitrogens with one attached hydrogen (secondary N) is 1. The number of carbonyl (C=O) groups is 2. The molecule has 0 heterocycles. The monoisotopic (exact) mass is 398 g/mol. The number of halogens is 2. The van der Waals surface area contributed by atoms with Crippen molar-refractivity contribution in [1.29, 1.82) is 0 Å². The Morgan fingerprint density at radius 1 is 1.23 bits per heavy atom. The van der Waals surface area contributed by atoms with Crippen LogP contribution in [0.3, 0.4) is 0 Å². The Kier molecular flexibility index (Phi) is 6.01. The minimum Gasteiger partial charge on any atom is -0.487 e. The van der Waals surface area contributed by atoms with Gasteiger partial charge >= 0.3 is 11.7 Å². The number of ether oxygens (including phenoxy) is 1. The van der Waals surface area contributed by atoms with Crippen molar-refractivity contribution >= 4 is 46.5 Å². The Morgan fingerprint density at radius 2 is 1.92 bits per heavy atom. The van der Waals surface area contributed by atoms with Gasteiger partial charge in [0.25, 0.3) is 5.91 Å². The van der Waals surface area contributed by atoms with Crippen molar-refractivity contribution in [2.24, 2.45) is 0 Å². The number of benzene rings is 2. The van der Waals surface area contributed by atoms with Gasteiger partial charge < -0.3 is 15.2 Å². The summed E-state index contributed by atoms with van der Waals surface area (Å²) < 4.78 is 5.15. The van der Waals surface area contributed by atoms with E-state index in [0.29, 0.717) is 0 Å². The second-order valence-electron chi connectivity index (χ2n) is 4.94. The molecule has 1 amide bonds. The Labute approximate surface area is 157 Å². The Morgan fingerprint density at radius 3 is 2.50 bits per heavy atom. The lowest BCUT2D eigenvalue weighted by atomic mass is 10.1. The zero-order chi connectivity index (χ0) is 19.4. The van der Waals surface area contributed by atoms with E-state index in [2.05, 4.69) is 5.32 Å². The summed E-state index contributed by atoms with van der Waals surface area (Å²) in [6.45, 7) is 1.90. The molecular weight excluding hydrogens is 387 g/mol. The quantitative estimate of drug-likeness (QED) is 0.554. The lowest BCUT2D eigenvalue weighted by Gasteiger charge is -2.10. The number of anilines is 1. The number of aromatic carboxylic acids is 1. The van der Waals surface area contributed by atoms with Crippen molar-refractivity contribution in [3.8, 4) is 5.75 Å². The first kappa shape index (κ1) is 19.5. The van der Waals surface area contributed by atoms with Gasteiger partial charge in [-0.25, -0.2) is 4.79 Å². The molecule has 0 aliphatic rings. The molecular formula is C16H12Cl2N2O6. The molecule has 0 bridgehead atoms. The minimum absolute atomic E-state index is 0.00926. The smallest absolute Gasteiger partial charge is 0.337 e. The number of hydrogen-bond donors (Lipinski definition) is 2. The average Bonchev–Trinajstić information content (AvgIpc) is 2.57. The topological polar surface area (TPSA) is 119 Å². The van der Waals surface area contributed by atoms with Crippen LogP contribution in [0.1, 0.15) is 27.6 Å². The van der Waals surface area contributed by atoms with Crippen LogP contribution < -0.4 is 10.1 Å². The molecule has 2 rings (SSSR count). The fourth-order valence-corrected chi connectivity index (χ4v) is 2.59. The highest BCUT2D eigenvalue weighted by Crippen LogP contribution is 2.31. The molecule has 0 atom stereocenters. The molecule has 0 radical (unpaired) electrons. The fraction of sp³-hybridized carbons (Fsp3) is 0.125. The Balaban J connectivity index is 2.36. The Hall–Kier alpha value is -2.84. The first-order chi connectivity index (χ1) is 12.2. The summed E-state index contributed by atoms with van der Waals surface area (Å²) in [5.74, 6) is -1.97. The molecule has 0 aliphatic carbocycles. The summed E-state index contributed by atoms with van der Waals surface area (Å²) in [5.41, 5.74) is -0.630. The molecule has 0 saturated heterocycles. The van der Waals surface area contributed by atoms with Crippen LogP contribution in [0.4, 0.5) is 11.4 Å². The van der Waals surface area contributed by atoms with Gasteiger partial charge in [-0.15, -0.1) is 0 Å². The van der Waals surface area contributed by atoms with Crippen LogP contribution in [-0.4, -0.2) is 28.5 Å². The van der Waals surface area contributed by atoms with Crippen molar-refractivity contribution in [2.45, 2.75) is 6.92 Å². The maximum Gasteiger partial charge on any atom is 0.337 e. The third kappa shape index (κ3) is 4.22. The molecule has 0 saturated carbocycles. The zero-order valence-corrected chi connectivity index (χ0v) is 14.8. The number of carboxylic acid groups (broad SMARTS) is 1. The molecule has 26 heavy (non-hydrogen) atoms. The highest BCUT2D eigenvalue weighted by molar-refractivity contribution is 6.38. The van der Waals surface area contributed by atoms with E-state index in [-0.39, 0.29) is 44.9 Å². The fourth-order valence-electron chi connectivity index (χ4n) is 2.08. The first-order valence-electron chi connectivity index (χ1n) is 7.19. The van der Waals surface area contributed by atoms with Crippen molar-refractivity contribution in [3.05, 3.63) is 61.6 Å². The number of carboxylic acids is 1. The number of amides is 1. The lowest BCUT2D eigenvalue weighted by Crippen LogP contribution is -2.13. The van der Waals surface area contributed by atoms with E-state index in [9.17, 15) is 19.7 Å². The predicted molar refractivity (Wildman–Crippen MR) is 95.6 cm³/mol. The molecule has 2 N–H and O–H groups in total. The highest BCUT2D eigenvalue weighted by Gasteiger charge is 2.20. The van der Waals surface area contributed by atoms with Gasteiger partial charge in [0.05, 0.1) is 32.8 Å². The zero-order valence-electron chi connectivity index (χ0n) is 13.3. The number of nitro benzene ring substituents is 1. The first-order valence-corrected chi connectivity index (χ1v) is 7.95. The van der Waals surface area contributed by atoms with E-state index in [0.717, 1.165) is 12.1 Å². The molecule has 0 unspecified atom stereocenters. The van der Waals surface area contributed by atoms with E-state index in [1.54, 1.807) is 6.92 Å². The van der Waals surface area contributed by atoms with Gasteiger partial charge in [0.15, 0.2) is 5.75 Å². The van der Waals surface area contributed by atoms with Gasteiger partial charge in [0.1, 0.15) is 0 Å². The van der Waals surface area contributed by atoms with Crippen LogP contribution in [0.25, 0.3) is 0 Å². The third-order valence-corrected chi connectivity index (χ3v) is 3.88. The van der Waals surface area contributed by atoms with Crippen molar-refractivity contribution < 1.29 is 24.4 Å². The molecule has 0 fully saturated rings. The number of nitrogens with zero attached hydrogens (tertiary/aromatic N) is 1. The van der Waals surface area contributed by atoms with Crippen LogP contribution in [0.15, 0.2) is 30.3 Å². The summed E-state index contributed by atoms with van der Waals surface area (Å²) in [4.78, 5) is 34.0. The molecule has 0 aliphatic heterocycles. The molecule has 0 aromatic heterocycles. The summed E-state index contributed by atoms with van der Waals surface area (Å²) >= 11 is 11.8. The molecule has 2 aromatic rings. The molecule has 136 valence electrons. The standard InChI is InChI=1S/C16H12Cl2N2O6/c1-2-26-14-4-3-8(5-13(14)20(24)25)15(21)19-12-6-9(16(22)23)10(17)7-11(12)18/h3-7H,2H2,1H3,(H,19,21)(H,22,23). The number of rotatable bonds is 6. The minimum atomic E-state index is -1.29. The maximum atomic E-state index is 12.4. The summed E-state index contributed by atoms with van der Waals surface area (Å²) in [6.07, 6.45) is 0. The van der Waals surface area contributed by atoms with Crippen molar-refractivity contribution in [3.63, 3.8) is 0 Å². The van der Waals surface area contributed by atoms with Gasteiger partial charge in [0.2, 0.25) is 0 Å². The summed E-state index contributed by atoms with van der Waals surface area (Å²) in [5, 5.41) is 22.6. The second kappa shape index (κ2) is 8.03. The summed E-state index contributed by atoms with van der Waals surface area (Å²) in [7, 11) is 0. The SMILES string of the molecule is CCOc1ccc(C(=O)Nc2cc(C(=O)O)c(Cl)cc2Cl)cc1[N+](=O)[O-]. The maximum absolute atomic E-state index is 12.4. The average molecular weight is 399 g/mol. The molecule has 8 nitrogen and oxygen atoms in total. The van der Waals surface area contributed by atoms with E-state index in [1.165, 1.54) is 18.2 Å². The number of hydrogen-bond acceptors (Lipinski definition) is 5. The van der Waals surface area contributed by atoms with Gasteiger partial charge in [0, 0.05) is 11.6 Å². The van der Waals surface area contributed by atoms with E-state index < -0.39 is 16.8 Å². The highest BCUT2D eigenvalue weighted by atomic mass is 35.5. The third-order valence-electron chi connectivity index (χ3n) is 3.25. The lowest BCUT2D eigenvalue weighted by molar-refractivity contribution is -0.385. The van der Waals surface area contributed by atoms with Crippen LogP contribution in [0.5, 0.6) is 5.75 Å². The molecule has 0 spiro atoms. The van der Waals surface area contributed by atoms with Gasteiger partial charge in [-0.1, -0.05) is 23.2 Å². The summed E-state index contributed by atoms with van der Waals surface area (Å²) in [6, 6.07) is 6.00. The molecule has 10 heteroatoms. The van der Waals surface area contributed by atoms with Gasteiger partial charge in [-0.2, -0.15) is 0 Å². The van der Waals surface area contributed by atoms with Crippen molar-refractivity contribution in [1.82, 2.24) is 0 Å². The largest absolute Gasteiger partial charge is 0.487 e. The van der Waals surface area contributed by atoms with Gasteiger partial charge in [-0.3, -0.25) is 14.9 Å². The van der Waals surface area contributed by atoms with Gasteiger partial charge in [-0.05, 0) is 31.2 Å². The van der Waals surface area contributed by atoms with Crippen LogP contribution >= 0.6 is 23.2 Å². The number of nitro groups is 1. The Bertz CT molecular complexity index is 901. The second-order valence-corrected chi connectivity index (χ2v) is 5.76. The normalized spacial score (nSPS) is 10.3. The van der Waals surface area contributed by atoms with Crippen molar-refractivity contribution in [2.75, 3.05) is 11.9 Å².